The van der Waals surface area contributed by atoms with Crippen LogP contribution in [0.3, 0.4) is 0 Å². The van der Waals surface area contributed by atoms with Gasteiger partial charge in [-0.1, -0.05) is 0 Å². The van der Waals surface area contributed by atoms with Crippen LogP contribution in [-0.4, -0.2) is 48.8 Å². The molecule has 1 N–H and O–H groups in total. The normalized spacial score (nSPS) is 17.0. The van der Waals surface area contributed by atoms with Gasteiger partial charge in [0.05, 0.1) is 0 Å². The molecule has 1 amide bonds. The fourth-order valence-corrected chi connectivity index (χ4v) is 2.61. The van der Waals surface area contributed by atoms with Crippen molar-refractivity contribution in [1.29, 1.82) is 0 Å². The van der Waals surface area contributed by atoms with Crippen LogP contribution in [0.25, 0.3) is 0 Å². The molecule has 1 unspecified atom stereocenters. The van der Waals surface area contributed by atoms with Crippen molar-refractivity contribution in [3.8, 4) is 11.5 Å². The molecule has 22 heavy (non-hydrogen) atoms. The summed E-state index contributed by atoms with van der Waals surface area (Å²) in [5.74, 6) is 1.38. The summed E-state index contributed by atoms with van der Waals surface area (Å²) < 4.78 is 11.0. The summed E-state index contributed by atoms with van der Waals surface area (Å²) in [7, 11) is 1.82. The molecule has 1 aromatic rings. The van der Waals surface area contributed by atoms with E-state index in [9.17, 15) is 9.90 Å². The van der Waals surface area contributed by atoms with Crippen LogP contribution in [-0.2, 0) is 9.53 Å². The number of nitrogens with zero attached hydrogens (tertiary/aromatic N) is 1. The Kier molecular flexibility index (Phi) is 6.07. The minimum Gasteiger partial charge on any atom is -0.508 e. The number of ether oxygens (including phenoxy) is 2. The molecule has 0 aromatic heterocycles. The Morgan fingerprint density at radius 1 is 1.36 bits per heavy atom. The van der Waals surface area contributed by atoms with Crippen LogP contribution in [0.5, 0.6) is 11.5 Å². The van der Waals surface area contributed by atoms with Crippen molar-refractivity contribution in [2.75, 3.05) is 26.8 Å². The summed E-state index contributed by atoms with van der Waals surface area (Å²) in [6, 6.07) is 6.39. The van der Waals surface area contributed by atoms with E-state index in [2.05, 4.69) is 0 Å². The lowest BCUT2D eigenvalue weighted by Crippen LogP contribution is -2.39. The third kappa shape index (κ3) is 4.91. The van der Waals surface area contributed by atoms with E-state index in [1.54, 1.807) is 36.1 Å². The van der Waals surface area contributed by atoms with Crippen molar-refractivity contribution in [3.63, 3.8) is 0 Å². The standard InChI is InChI=1S/C17H25NO4/c1-13(22-16-5-3-15(19)4-6-16)17(20)18(2)10-7-14-8-11-21-12-9-14/h3-6,13-14,19H,7-12H2,1-2H3. The molecular formula is C17H25NO4. The van der Waals surface area contributed by atoms with E-state index in [0.29, 0.717) is 11.7 Å². The van der Waals surface area contributed by atoms with Crippen LogP contribution in [0.4, 0.5) is 0 Å². The van der Waals surface area contributed by atoms with Crippen LogP contribution >= 0.6 is 0 Å². The molecule has 122 valence electrons. The summed E-state index contributed by atoms with van der Waals surface area (Å²) in [6.45, 7) is 4.16. The number of hydrogen-bond donors (Lipinski definition) is 1. The third-order valence-corrected chi connectivity index (χ3v) is 4.09. The first-order valence-electron chi connectivity index (χ1n) is 7.84. The Bertz CT molecular complexity index is 468. The first-order chi connectivity index (χ1) is 10.6. The predicted octanol–water partition coefficient (Wildman–Crippen LogP) is 2.43. The number of phenolic OH excluding ortho intramolecular Hbond substituents is 1. The average Bonchev–Trinajstić information content (AvgIpc) is 2.55. The molecule has 1 aliphatic heterocycles. The Morgan fingerprint density at radius 2 is 2.00 bits per heavy atom. The maximum atomic E-state index is 12.3. The van der Waals surface area contributed by atoms with Gasteiger partial charge in [0, 0.05) is 26.8 Å². The number of amides is 1. The lowest BCUT2D eigenvalue weighted by molar-refractivity contribution is -0.136. The number of hydrogen-bond acceptors (Lipinski definition) is 4. The number of phenols is 1. The molecule has 5 nitrogen and oxygen atoms in total. The number of carbonyl (C=O) groups is 1. The maximum Gasteiger partial charge on any atom is 0.263 e. The quantitative estimate of drug-likeness (QED) is 0.877. The second-order valence-corrected chi connectivity index (χ2v) is 5.86. The fraction of sp³-hybridized carbons (Fsp3) is 0.588. The van der Waals surface area contributed by atoms with E-state index in [0.717, 1.165) is 39.0 Å². The Morgan fingerprint density at radius 3 is 2.64 bits per heavy atom. The number of aromatic hydroxyl groups is 1. The molecular weight excluding hydrogens is 282 g/mol. The van der Waals surface area contributed by atoms with Gasteiger partial charge in [0.15, 0.2) is 6.10 Å². The zero-order chi connectivity index (χ0) is 15.9. The maximum absolute atomic E-state index is 12.3. The second-order valence-electron chi connectivity index (χ2n) is 5.86. The van der Waals surface area contributed by atoms with Crippen molar-refractivity contribution in [3.05, 3.63) is 24.3 Å². The first-order valence-corrected chi connectivity index (χ1v) is 7.84. The SMILES string of the molecule is CC(Oc1ccc(O)cc1)C(=O)N(C)CCC1CCOCC1. The minimum atomic E-state index is -0.538. The van der Waals surface area contributed by atoms with Gasteiger partial charge in [-0.25, -0.2) is 0 Å². The van der Waals surface area contributed by atoms with Gasteiger partial charge in [0.1, 0.15) is 11.5 Å². The van der Waals surface area contributed by atoms with Crippen LogP contribution in [0.1, 0.15) is 26.2 Å². The van der Waals surface area contributed by atoms with Gasteiger partial charge in [-0.2, -0.15) is 0 Å². The number of carbonyl (C=O) groups excluding carboxylic acids is 1. The monoisotopic (exact) mass is 307 g/mol. The molecule has 1 aliphatic rings. The zero-order valence-corrected chi connectivity index (χ0v) is 13.3. The highest BCUT2D eigenvalue weighted by atomic mass is 16.5. The largest absolute Gasteiger partial charge is 0.508 e. The average molecular weight is 307 g/mol. The fourth-order valence-electron chi connectivity index (χ4n) is 2.61. The predicted molar refractivity (Wildman–Crippen MR) is 84.0 cm³/mol. The van der Waals surface area contributed by atoms with Gasteiger partial charge >= 0.3 is 0 Å². The highest BCUT2D eigenvalue weighted by molar-refractivity contribution is 5.80. The van der Waals surface area contributed by atoms with Gasteiger partial charge in [-0.15, -0.1) is 0 Å². The summed E-state index contributed by atoms with van der Waals surface area (Å²) >= 11 is 0. The molecule has 1 heterocycles. The van der Waals surface area contributed by atoms with Crippen LogP contribution in [0.15, 0.2) is 24.3 Å². The van der Waals surface area contributed by atoms with E-state index in [4.69, 9.17) is 9.47 Å². The van der Waals surface area contributed by atoms with Gasteiger partial charge in [0.25, 0.3) is 5.91 Å². The topological polar surface area (TPSA) is 59.0 Å². The molecule has 1 fully saturated rings. The molecule has 0 aliphatic carbocycles. The highest BCUT2D eigenvalue weighted by Gasteiger charge is 2.21. The lowest BCUT2D eigenvalue weighted by Gasteiger charge is -2.26. The number of benzene rings is 1. The summed E-state index contributed by atoms with van der Waals surface area (Å²) in [5.41, 5.74) is 0. The van der Waals surface area contributed by atoms with Crippen molar-refractivity contribution in [1.82, 2.24) is 4.90 Å². The molecule has 1 aromatic carbocycles. The lowest BCUT2D eigenvalue weighted by atomic mass is 9.96. The summed E-state index contributed by atoms with van der Waals surface area (Å²) in [6.07, 6.45) is 2.64. The minimum absolute atomic E-state index is 0.0277. The molecule has 5 heteroatoms. The van der Waals surface area contributed by atoms with Crippen molar-refractivity contribution in [2.24, 2.45) is 5.92 Å². The Labute approximate surface area is 131 Å². The Hall–Kier alpha value is -1.75. The highest BCUT2D eigenvalue weighted by Crippen LogP contribution is 2.20. The van der Waals surface area contributed by atoms with Crippen molar-refractivity contribution >= 4 is 5.91 Å². The molecule has 0 spiro atoms. The van der Waals surface area contributed by atoms with E-state index < -0.39 is 6.10 Å². The first kappa shape index (κ1) is 16.6. The van der Waals surface area contributed by atoms with E-state index >= 15 is 0 Å². The van der Waals surface area contributed by atoms with E-state index in [1.165, 1.54) is 0 Å². The number of likely N-dealkylation sites (N-methyl/N-ethyl adjacent to an activating group) is 1. The van der Waals surface area contributed by atoms with Crippen LogP contribution in [0, 0.1) is 5.92 Å². The molecule has 0 radical (unpaired) electrons. The molecule has 1 saturated heterocycles. The van der Waals surface area contributed by atoms with Crippen molar-refractivity contribution in [2.45, 2.75) is 32.3 Å². The molecule has 0 saturated carbocycles. The molecule has 1 atom stereocenters. The van der Waals surface area contributed by atoms with Crippen molar-refractivity contribution < 1.29 is 19.4 Å². The van der Waals surface area contributed by atoms with Gasteiger partial charge < -0.3 is 19.5 Å². The van der Waals surface area contributed by atoms with Gasteiger partial charge in [-0.3, -0.25) is 4.79 Å². The summed E-state index contributed by atoms with van der Waals surface area (Å²) in [5, 5.41) is 9.24. The van der Waals surface area contributed by atoms with Gasteiger partial charge in [0.2, 0.25) is 0 Å². The van der Waals surface area contributed by atoms with E-state index in [-0.39, 0.29) is 11.7 Å². The Balaban J connectivity index is 1.77. The molecule has 0 bridgehead atoms. The molecule has 2 rings (SSSR count). The van der Waals surface area contributed by atoms with Crippen LogP contribution < -0.4 is 4.74 Å². The van der Waals surface area contributed by atoms with E-state index in [1.807, 2.05) is 7.05 Å². The summed E-state index contributed by atoms with van der Waals surface area (Å²) in [4.78, 5) is 14.1. The third-order valence-electron chi connectivity index (χ3n) is 4.09. The number of rotatable bonds is 6. The smallest absolute Gasteiger partial charge is 0.263 e. The van der Waals surface area contributed by atoms with Crippen LogP contribution in [0.2, 0.25) is 0 Å². The van der Waals surface area contributed by atoms with Gasteiger partial charge in [-0.05, 0) is 56.4 Å². The second kappa shape index (κ2) is 8.03. The zero-order valence-electron chi connectivity index (χ0n) is 13.3.